The number of nitrogens with one attached hydrogen (secondary N) is 1. The minimum atomic E-state index is -0.0442. The molecule has 130 valence electrons. The standard InChI is InChI=1S/C16H29N5O2/c1-13-6-4-9-21(12-13)10-5-8-17-16(22)20(3)11-7-15-18-14(2)23-19-15/h13H,4-12H2,1-3H3,(H,17,22)/t13-/m0/s1. The first-order valence-electron chi connectivity index (χ1n) is 8.55. The van der Waals surface area contributed by atoms with E-state index in [2.05, 4.69) is 27.3 Å². The zero-order valence-electron chi connectivity index (χ0n) is 14.5. The third-order valence-corrected chi connectivity index (χ3v) is 4.26. The molecule has 0 bridgehead atoms. The predicted octanol–water partition coefficient (Wildman–Crippen LogP) is 1.68. The van der Waals surface area contributed by atoms with Gasteiger partial charge in [0.2, 0.25) is 5.89 Å². The summed E-state index contributed by atoms with van der Waals surface area (Å²) in [6.45, 7) is 8.82. The largest absolute Gasteiger partial charge is 0.340 e. The van der Waals surface area contributed by atoms with Crippen LogP contribution in [0.5, 0.6) is 0 Å². The molecule has 1 N–H and O–H groups in total. The van der Waals surface area contributed by atoms with Gasteiger partial charge in [0.15, 0.2) is 5.82 Å². The predicted molar refractivity (Wildman–Crippen MR) is 88.2 cm³/mol. The van der Waals surface area contributed by atoms with Crippen molar-refractivity contribution in [3.63, 3.8) is 0 Å². The lowest BCUT2D eigenvalue weighted by atomic mass is 10.0. The smallest absolute Gasteiger partial charge is 0.317 e. The van der Waals surface area contributed by atoms with Crippen molar-refractivity contribution in [2.45, 2.75) is 39.5 Å². The highest BCUT2D eigenvalue weighted by molar-refractivity contribution is 5.73. The van der Waals surface area contributed by atoms with E-state index in [4.69, 9.17) is 4.52 Å². The first-order valence-corrected chi connectivity index (χ1v) is 8.55. The lowest BCUT2D eigenvalue weighted by Crippen LogP contribution is -2.40. The van der Waals surface area contributed by atoms with Gasteiger partial charge in [0.25, 0.3) is 0 Å². The molecule has 1 aromatic heterocycles. The zero-order chi connectivity index (χ0) is 16.7. The molecule has 1 fully saturated rings. The minimum absolute atomic E-state index is 0.0442. The molecule has 2 rings (SSSR count). The summed E-state index contributed by atoms with van der Waals surface area (Å²) in [5.41, 5.74) is 0. The van der Waals surface area contributed by atoms with Gasteiger partial charge in [0.1, 0.15) is 0 Å². The summed E-state index contributed by atoms with van der Waals surface area (Å²) < 4.78 is 4.92. The van der Waals surface area contributed by atoms with Crippen LogP contribution in [-0.4, -0.2) is 65.7 Å². The number of carbonyl (C=O) groups excluding carboxylic acids is 1. The fraction of sp³-hybridized carbons (Fsp3) is 0.812. The summed E-state index contributed by atoms with van der Waals surface area (Å²) in [6, 6.07) is -0.0442. The van der Waals surface area contributed by atoms with Crippen molar-refractivity contribution in [2.75, 3.05) is 39.8 Å². The Morgan fingerprint density at radius 3 is 3.04 bits per heavy atom. The van der Waals surface area contributed by atoms with Crippen LogP contribution in [-0.2, 0) is 6.42 Å². The van der Waals surface area contributed by atoms with Crippen LogP contribution in [0.15, 0.2) is 4.52 Å². The van der Waals surface area contributed by atoms with E-state index in [1.54, 1.807) is 18.9 Å². The number of likely N-dealkylation sites (tertiary alicyclic amines) is 1. The van der Waals surface area contributed by atoms with Crippen molar-refractivity contribution in [3.05, 3.63) is 11.7 Å². The Balaban J connectivity index is 1.56. The van der Waals surface area contributed by atoms with Crippen molar-refractivity contribution >= 4 is 6.03 Å². The molecule has 1 atom stereocenters. The second-order valence-corrected chi connectivity index (χ2v) is 6.53. The summed E-state index contributed by atoms with van der Waals surface area (Å²) in [6.07, 6.45) is 4.24. The second-order valence-electron chi connectivity index (χ2n) is 6.53. The van der Waals surface area contributed by atoms with E-state index in [0.717, 1.165) is 25.4 Å². The van der Waals surface area contributed by atoms with Crippen molar-refractivity contribution in [2.24, 2.45) is 5.92 Å². The lowest BCUT2D eigenvalue weighted by molar-refractivity contribution is 0.180. The van der Waals surface area contributed by atoms with Gasteiger partial charge in [-0.3, -0.25) is 0 Å². The summed E-state index contributed by atoms with van der Waals surface area (Å²) in [4.78, 5) is 20.3. The molecular formula is C16H29N5O2. The Morgan fingerprint density at radius 2 is 2.35 bits per heavy atom. The van der Waals surface area contributed by atoms with Crippen LogP contribution in [0.25, 0.3) is 0 Å². The Bertz CT molecular complexity index is 491. The fourth-order valence-electron chi connectivity index (χ4n) is 2.93. The number of aryl methyl sites for hydroxylation is 1. The van der Waals surface area contributed by atoms with Gasteiger partial charge in [0, 0.05) is 40.0 Å². The molecule has 0 unspecified atom stereocenters. The number of piperidine rings is 1. The highest BCUT2D eigenvalue weighted by Crippen LogP contribution is 2.15. The van der Waals surface area contributed by atoms with Crippen molar-refractivity contribution in [3.8, 4) is 0 Å². The molecule has 0 aliphatic carbocycles. The van der Waals surface area contributed by atoms with Gasteiger partial charge in [-0.1, -0.05) is 12.1 Å². The van der Waals surface area contributed by atoms with E-state index in [-0.39, 0.29) is 6.03 Å². The Labute approximate surface area is 138 Å². The average molecular weight is 323 g/mol. The second kappa shape index (κ2) is 8.86. The van der Waals surface area contributed by atoms with Crippen LogP contribution in [0.4, 0.5) is 4.79 Å². The van der Waals surface area contributed by atoms with Gasteiger partial charge in [-0.15, -0.1) is 0 Å². The molecule has 0 aromatic carbocycles. The van der Waals surface area contributed by atoms with Gasteiger partial charge < -0.3 is 19.6 Å². The van der Waals surface area contributed by atoms with Gasteiger partial charge in [-0.25, -0.2) is 4.79 Å². The van der Waals surface area contributed by atoms with Crippen LogP contribution in [0.2, 0.25) is 0 Å². The number of amides is 2. The molecule has 0 saturated carbocycles. The topological polar surface area (TPSA) is 74.5 Å². The third kappa shape index (κ3) is 6.17. The number of urea groups is 1. The molecule has 7 nitrogen and oxygen atoms in total. The van der Waals surface area contributed by atoms with Gasteiger partial charge >= 0.3 is 6.03 Å². The van der Waals surface area contributed by atoms with E-state index in [9.17, 15) is 4.79 Å². The first kappa shape index (κ1) is 17.7. The van der Waals surface area contributed by atoms with E-state index in [1.807, 2.05) is 0 Å². The summed E-state index contributed by atoms with van der Waals surface area (Å²) in [5.74, 6) is 2.00. The molecule has 0 spiro atoms. The molecule has 7 heteroatoms. The van der Waals surface area contributed by atoms with Gasteiger partial charge in [0.05, 0.1) is 0 Å². The quantitative estimate of drug-likeness (QED) is 0.773. The number of aromatic nitrogens is 2. The molecule has 1 aliphatic rings. The van der Waals surface area contributed by atoms with Crippen LogP contribution >= 0.6 is 0 Å². The lowest BCUT2D eigenvalue weighted by Gasteiger charge is -2.30. The molecule has 1 aliphatic heterocycles. The molecule has 2 heterocycles. The van der Waals surface area contributed by atoms with Gasteiger partial charge in [-0.05, 0) is 38.3 Å². The van der Waals surface area contributed by atoms with Gasteiger partial charge in [-0.2, -0.15) is 4.98 Å². The minimum Gasteiger partial charge on any atom is -0.340 e. The highest BCUT2D eigenvalue weighted by Gasteiger charge is 2.15. The van der Waals surface area contributed by atoms with Crippen molar-refractivity contribution < 1.29 is 9.32 Å². The number of hydrogen-bond donors (Lipinski definition) is 1. The van der Waals surface area contributed by atoms with Crippen LogP contribution in [0.3, 0.4) is 0 Å². The maximum atomic E-state index is 12.0. The maximum absolute atomic E-state index is 12.0. The zero-order valence-corrected chi connectivity index (χ0v) is 14.5. The monoisotopic (exact) mass is 323 g/mol. The number of rotatable bonds is 7. The molecule has 2 amide bonds. The highest BCUT2D eigenvalue weighted by atomic mass is 16.5. The first-order chi connectivity index (χ1) is 11.0. The van der Waals surface area contributed by atoms with Crippen molar-refractivity contribution in [1.82, 2.24) is 25.3 Å². The normalized spacial score (nSPS) is 18.8. The van der Waals surface area contributed by atoms with E-state index in [1.165, 1.54) is 25.9 Å². The maximum Gasteiger partial charge on any atom is 0.317 e. The van der Waals surface area contributed by atoms with E-state index in [0.29, 0.717) is 24.7 Å². The Hall–Kier alpha value is -1.63. The Morgan fingerprint density at radius 1 is 1.52 bits per heavy atom. The molecular weight excluding hydrogens is 294 g/mol. The number of nitrogens with zero attached hydrogens (tertiary/aromatic N) is 4. The summed E-state index contributed by atoms with van der Waals surface area (Å²) in [5, 5.41) is 6.80. The molecule has 1 saturated heterocycles. The number of carbonyl (C=O) groups is 1. The SMILES string of the molecule is Cc1nc(CCN(C)C(=O)NCCCN2CCC[C@H](C)C2)no1. The van der Waals surface area contributed by atoms with E-state index < -0.39 is 0 Å². The molecule has 23 heavy (non-hydrogen) atoms. The van der Waals surface area contributed by atoms with Crippen LogP contribution < -0.4 is 5.32 Å². The summed E-state index contributed by atoms with van der Waals surface area (Å²) >= 11 is 0. The Kier molecular flexibility index (Phi) is 6.83. The van der Waals surface area contributed by atoms with Crippen LogP contribution in [0.1, 0.15) is 37.9 Å². The number of hydrogen-bond acceptors (Lipinski definition) is 5. The van der Waals surface area contributed by atoms with Crippen molar-refractivity contribution in [1.29, 1.82) is 0 Å². The third-order valence-electron chi connectivity index (χ3n) is 4.26. The molecule has 0 radical (unpaired) electrons. The molecule has 1 aromatic rings. The average Bonchev–Trinajstić information content (AvgIpc) is 2.94. The summed E-state index contributed by atoms with van der Waals surface area (Å²) in [7, 11) is 1.79. The number of likely N-dealkylation sites (N-methyl/N-ethyl adjacent to an activating group) is 1. The van der Waals surface area contributed by atoms with Crippen LogP contribution in [0, 0.1) is 12.8 Å². The van der Waals surface area contributed by atoms with E-state index >= 15 is 0 Å². The fourth-order valence-corrected chi connectivity index (χ4v) is 2.93.